The minimum atomic E-state index is -3.45. The van der Waals surface area contributed by atoms with Crippen molar-refractivity contribution in [2.75, 3.05) is 29.4 Å². The molecule has 1 atom stereocenters. The summed E-state index contributed by atoms with van der Waals surface area (Å²) in [5, 5.41) is 10.5. The van der Waals surface area contributed by atoms with Crippen molar-refractivity contribution in [1.82, 2.24) is 15.1 Å². The van der Waals surface area contributed by atoms with E-state index >= 15 is 0 Å². The number of hydrogen-bond acceptors (Lipinski definition) is 5. The van der Waals surface area contributed by atoms with Crippen LogP contribution in [-0.4, -0.2) is 43.5 Å². The van der Waals surface area contributed by atoms with Crippen LogP contribution < -0.4 is 15.4 Å². The zero-order valence-corrected chi connectivity index (χ0v) is 16.9. The van der Waals surface area contributed by atoms with Gasteiger partial charge in [0.2, 0.25) is 10.0 Å². The van der Waals surface area contributed by atoms with Gasteiger partial charge in [-0.3, -0.25) is 14.2 Å². The standard InChI is InChI=1S/C17H23N5O3S.ClH/c1-12-5-6-14(21-26(2,24)25)16(10-12)19-17(23)15-7-9-22(20-15)13-4-3-8-18-11-13;/h5-7,9-10,13,18,21H,3-4,8,11H2,1-2H3,(H,19,23);1H. The predicted molar refractivity (Wildman–Crippen MR) is 108 cm³/mol. The maximum absolute atomic E-state index is 12.6. The summed E-state index contributed by atoms with van der Waals surface area (Å²) < 4.78 is 27.3. The number of carbonyl (C=O) groups excluding carboxylic acids is 1. The number of aryl methyl sites for hydroxylation is 1. The van der Waals surface area contributed by atoms with Gasteiger partial charge in [-0.15, -0.1) is 12.4 Å². The number of nitrogens with zero attached hydrogens (tertiary/aromatic N) is 2. The highest BCUT2D eigenvalue weighted by molar-refractivity contribution is 7.92. The molecule has 1 aliphatic rings. The number of benzene rings is 1. The Balaban J connectivity index is 0.00000261. The first-order valence-corrected chi connectivity index (χ1v) is 10.4. The first-order valence-electron chi connectivity index (χ1n) is 8.47. The number of carbonyl (C=O) groups is 1. The number of aromatic nitrogens is 2. The lowest BCUT2D eigenvalue weighted by atomic mass is 10.1. The van der Waals surface area contributed by atoms with E-state index < -0.39 is 10.0 Å². The van der Waals surface area contributed by atoms with Crippen molar-refractivity contribution in [3.63, 3.8) is 0 Å². The van der Waals surface area contributed by atoms with Crippen LogP contribution in [0, 0.1) is 6.92 Å². The maximum atomic E-state index is 12.6. The van der Waals surface area contributed by atoms with Gasteiger partial charge < -0.3 is 10.6 Å². The molecule has 148 valence electrons. The summed E-state index contributed by atoms with van der Waals surface area (Å²) in [6.07, 6.45) is 4.97. The molecular weight excluding hydrogens is 390 g/mol. The Hall–Kier alpha value is -2.10. The normalized spacial score (nSPS) is 17.0. The summed E-state index contributed by atoms with van der Waals surface area (Å²) in [5.41, 5.74) is 1.91. The fourth-order valence-corrected chi connectivity index (χ4v) is 3.54. The van der Waals surface area contributed by atoms with Gasteiger partial charge in [0.15, 0.2) is 5.69 Å². The second-order valence-corrected chi connectivity index (χ2v) is 8.31. The maximum Gasteiger partial charge on any atom is 0.276 e. The van der Waals surface area contributed by atoms with Crippen molar-refractivity contribution in [2.45, 2.75) is 25.8 Å². The molecule has 1 saturated heterocycles. The molecule has 1 aromatic heterocycles. The molecule has 2 heterocycles. The number of rotatable bonds is 5. The van der Waals surface area contributed by atoms with E-state index in [0.717, 1.165) is 37.8 Å². The Morgan fingerprint density at radius 2 is 2.07 bits per heavy atom. The molecule has 27 heavy (non-hydrogen) atoms. The first kappa shape index (κ1) is 21.2. The zero-order valence-electron chi connectivity index (χ0n) is 15.2. The number of piperidine rings is 1. The smallest absolute Gasteiger partial charge is 0.276 e. The number of amides is 1. The van der Waals surface area contributed by atoms with E-state index in [-0.39, 0.29) is 24.4 Å². The van der Waals surface area contributed by atoms with E-state index in [1.807, 2.05) is 11.6 Å². The van der Waals surface area contributed by atoms with Crippen LogP contribution in [0.3, 0.4) is 0 Å². The summed E-state index contributed by atoms with van der Waals surface area (Å²) in [6, 6.07) is 7.02. The Kier molecular flexibility index (Phi) is 6.85. The van der Waals surface area contributed by atoms with Crippen LogP contribution in [0.2, 0.25) is 0 Å². The first-order chi connectivity index (χ1) is 12.3. The van der Waals surface area contributed by atoms with Crippen molar-refractivity contribution in [1.29, 1.82) is 0 Å². The molecule has 3 rings (SSSR count). The van der Waals surface area contributed by atoms with Crippen molar-refractivity contribution < 1.29 is 13.2 Å². The predicted octanol–water partition coefficient (Wildman–Crippen LogP) is 2.16. The average molecular weight is 414 g/mol. The average Bonchev–Trinajstić information content (AvgIpc) is 3.07. The van der Waals surface area contributed by atoms with Crippen LogP contribution in [0.15, 0.2) is 30.5 Å². The van der Waals surface area contributed by atoms with Crippen LogP contribution in [0.4, 0.5) is 11.4 Å². The molecule has 0 aliphatic carbocycles. The third kappa shape index (κ3) is 5.69. The van der Waals surface area contributed by atoms with E-state index in [2.05, 4.69) is 20.5 Å². The van der Waals surface area contributed by atoms with Gasteiger partial charge in [0.1, 0.15) is 0 Å². The molecule has 3 N–H and O–H groups in total. The molecule has 1 aromatic carbocycles. The Labute approximate surface area is 165 Å². The molecule has 0 saturated carbocycles. The molecule has 8 nitrogen and oxygen atoms in total. The number of anilines is 2. The number of nitrogens with one attached hydrogen (secondary N) is 3. The SMILES string of the molecule is Cc1ccc(NS(C)(=O)=O)c(NC(=O)c2ccn(C3CCCNC3)n2)c1.Cl. The quantitative estimate of drug-likeness (QED) is 0.696. The highest BCUT2D eigenvalue weighted by Crippen LogP contribution is 2.25. The molecule has 1 unspecified atom stereocenters. The van der Waals surface area contributed by atoms with Gasteiger partial charge in [0, 0.05) is 12.7 Å². The van der Waals surface area contributed by atoms with Gasteiger partial charge in [0.05, 0.1) is 23.7 Å². The summed E-state index contributed by atoms with van der Waals surface area (Å²) in [7, 11) is -3.45. The minimum Gasteiger partial charge on any atom is -0.319 e. The lowest BCUT2D eigenvalue weighted by Gasteiger charge is -2.22. The number of hydrogen-bond donors (Lipinski definition) is 3. The highest BCUT2D eigenvalue weighted by atomic mass is 35.5. The Morgan fingerprint density at radius 1 is 1.30 bits per heavy atom. The van der Waals surface area contributed by atoms with Crippen molar-refractivity contribution in [3.05, 3.63) is 41.7 Å². The highest BCUT2D eigenvalue weighted by Gasteiger charge is 2.18. The molecule has 0 spiro atoms. The van der Waals surface area contributed by atoms with Gasteiger partial charge in [-0.2, -0.15) is 5.10 Å². The van der Waals surface area contributed by atoms with E-state index in [0.29, 0.717) is 17.1 Å². The van der Waals surface area contributed by atoms with Gasteiger partial charge in [0.25, 0.3) is 5.91 Å². The third-order valence-corrected chi connectivity index (χ3v) is 4.80. The molecule has 2 aromatic rings. The second-order valence-electron chi connectivity index (χ2n) is 6.56. The van der Waals surface area contributed by atoms with Gasteiger partial charge >= 0.3 is 0 Å². The molecule has 0 bridgehead atoms. The summed E-state index contributed by atoms with van der Waals surface area (Å²) in [5.74, 6) is -0.380. The van der Waals surface area contributed by atoms with Crippen LogP contribution >= 0.6 is 12.4 Å². The third-order valence-electron chi connectivity index (χ3n) is 4.20. The van der Waals surface area contributed by atoms with Crippen LogP contribution in [0.25, 0.3) is 0 Å². The van der Waals surface area contributed by atoms with Crippen LogP contribution in [-0.2, 0) is 10.0 Å². The number of halogens is 1. The fraction of sp³-hybridized carbons (Fsp3) is 0.412. The van der Waals surface area contributed by atoms with E-state index in [4.69, 9.17) is 0 Å². The van der Waals surface area contributed by atoms with Crippen LogP contribution in [0.5, 0.6) is 0 Å². The van der Waals surface area contributed by atoms with Crippen molar-refractivity contribution in [2.24, 2.45) is 0 Å². The summed E-state index contributed by atoms with van der Waals surface area (Å²) in [4.78, 5) is 12.6. The Bertz CT molecular complexity index is 907. The molecule has 1 amide bonds. The van der Waals surface area contributed by atoms with E-state index in [1.165, 1.54) is 0 Å². The molecule has 1 aliphatic heterocycles. The summed E-state index contributed by atoms with van der Waals surface area (Å²) in [6.45, 7) is 3.71. The van der Waals surface area contributed by atoms with E-state index in [9.17, 15) is 13.2 Å². The largest absolute Gasteiger partial charge is 0.319 e. The topological polar surface area (TPSA) is 105 Å². The van der Waals surface area contributed by atoms with Crippen molar-refractivity contribution >= 4 is 39.7 Å². The fourth-order valence-electron chi connectivity index (χ4n) is 2.96. The molecular formula is C17H24ClN5O3S. The second kappa shape index (κ2) is 8.73. The van der Waals surface area contributed by atoms with E-state index in [1.54, 1.807) is 30.5 Å². The molecule has 10 heteroatoms. The monoisotopic (exact) mass is 413 g/mol. The minimum absolute atomic E-state index is 0. The lowest BCUT2D eigenvalue weighted by Crippen LogP contribution is -2.32. The van der Waals surface area contributed by atoms with Crippen molar-refractivity contribution in [3.8, 4) is 0 Å². The van der Waals surface area contributed by atoms with Gasteiger partial charge in [-0.25, -0.2) is 8.42 Å². The molecule has 1 fully saturated rings. The van der Waals surface area contributed by atoms with Crippen LogP contribution in [0.1, 0.15) is 34.9 Å². The zero-order chi connectivity index (χ0) is 18.7. The molecule has 0 radical (unpaired) electrons. The summed E-state index contributed by atoms with van der Waals surface area (Å²) >= 11 is 0. The Morgan fingerprint density at radius 3 is 2.74 bits per heavy atom. The van der Waals surface area contributed by atoms with Gasteiger partial charge in [-0.1, -0.05) is 6.07 Å². The lowest BCUT2D eigenvalue weighted by molar-refractivity contribution is 0.102. The van der Waals surface area contributed by atoms with Gasteiger partial charge in [-0.05, 0) is 50.1 Å². The number of sulfonamides is 1.